The van der Waals surface area contributed by atoms with E-state index in [2.05, 4.69) is 4.98 Å². The van der Waals surface area contributed by atoms with E-state index in [0.717, 1.165) is 18.2 Å². The molecule has 0 radical (unpaired) electrons. The van der Waals surface area contributed by atoms with Gasteiger partial charge in [0.05, 0.1) is 17.8 Å². The summed E-state index contributed by atoms with van der Waals surface area (Å²) in [5.41, 5.74) is -1.50. The average molecular weight is 363 g/mol. The number of hydrogen-bond donors (Lipinski definition) is 1. The van der Waals surface area contributed by atoms with Crippen molar-refractivity contribution in [1.82, 2.24) is 4.98 Å². The second-order valence-electron chi connectivity index (χ2n) is 5.03. The number of likely N-dealkylation sites (N-methyl/N-ethyl adjacent to an activating group) is 1. The van der Waals surface area contributed by atoms with Crippen LogP contribution >= 0.6 is 0 Å². The van der Waals surface area contributed by atoms with E-state index in [1.54, 1.807) is 0 Å². The van der Waals surface area contributed by atoms with Crippen molar-refractivity contribution < 1.29 is 31.1 Å². The molecule has 0 aliphatic rings. The first-order valence-electron chi connectivity index (χ1n) is 6.77. The second-order valence-corrected chi connectivity index (χ2v) is 5.03. The molecule has 0 bridgehead atoms. The number of amides is 1. The van der Waals surface area contributed by atoms with Gasteiger partial charge < -0.3 is 10.2 Å². The molecule has 1 aromatic carbocycles. The number of alkyl halides is 3. The predicted molar refractivity (Wildman–Crippen MR) is 77.5 cm³/mol. The van der Waals surface area contributed by atoms with E-state index in [9.17, 15) is 31.1 Å². The van der Waals surface area contributed by atoms with Gasteiger partial charge in [-0.15, -0.1) is 0 Å². The van der Waals surface area contributed by atoms with Gasteiger partial charge in [-0.3, -0.25) is 4.79 Å². The first kappa shape index (κ1) is 18.6. The first-order chi connectivity index (χ1) is 11.6. The summed E-state index contributed by atoms with van der Waals surface area (Å²) < 4.78 is 76.8. The summed E-state index contributed by atoms with van der Waals surface area (Å²) in [6, 6.07) is 3.36. The van der Waals surface area contributed by atoms with Crippen LogP contribution in [0.5, 0.6) is 0 Å². The Hall–Kier alpha value is -2.78. The van der Waals surface area contributed by atoms with Crippen molar-refractivity contribution in [2.75, 3.05) is 23.8 Å². The molecule has 25 heavy (non-hydrogen) atoms. The third-order valence-electron chi connectivity index (χ3n) is 3.16. The maximum absolute atomic E-state index is 13.5. The summed E-state index contributed by atoms with van der Waals surface area (Å²) in [4.78, 5) is 16.6. The molecule has 0 atom stereocenters. The maximum atomic E-state index is 13.5. The predicted octanol–water partition coefficient (Wildman–Crippen LogP) is 3.59. The van der Waals surface area contributed by atoms with Crippen LogP contribution in [0.1, 0.15) is 5.56 Å². The monoisotopic (exact) mass is 363 g/mol. The van der Waals surface area contributed by atoms with Gasteiger partial charge in [-0.1, -0.05) is 0 Å². The molecule has 0 spiro atoms. The second kappa shape index (κ2) is 6.99. The van der Waals surface area contributed by atoms with Gasteiger partial charge in [0.15, 0.2) is 17.5 Å². The molecule has 2 aromatic rings. The van der Waals surface area contributed by atoms with E-state index in [1.807, 2.05) is 5.32 Å². The van der Waals surface area contributed by atoms with Crippen LogP contribution < -0.4 is 10.2 Å². The van der Waals surface area contributed by atoms with Crippen LogP contribution in [0.15, 0.2) is 30.5 Å². The SMILES string of the molecule is CN(CC(=O)Nc1ccc(F)c(F)c1F)c1ccc(C(F)(F)F)cn1. The van der Waals surface area contributed by atoms with Gasteiger partial charge in [0.2, 0.25) is 5.91 Å². The number of anilines is 2. The number of carbonyl (C=O) groups excluding carboxylic acids is 1. The largest absolute Gasteiger partial charge is 0.417 e. The van der Waals surface area contributed by atoms with E-state index >= 15 is 0 Å². The number of nitrogens with one attached hydrogen (secondary N) is 1. The highest BCUT2D eigenvalue weighted by molar-refractivity contribution is 5.94. The van der Waals surface area contributed by atoms with E-state index in [-0.39, 0.29) is 5.82 Å². The van der Waals surface area contributed by atoms with E-state index in [1.165, 1.54) is 11.9 Å². The van der Waals surface area contributed by atoms with E-state index in [4.69, 9.17) is 0 Å². The summed E-state index contributed by atoms with van der Waals surface area (Å²) >= 11 is 0. The Morgan fingerprint density at radius 1 is 1.12 bits per heavy atom. The lowest BCUT2D eigenvalue weighted by Crippen LogP contribution is -2.31. The molecule has 134 valence electrons. The third-order valence-corrected chi connectivity index (χ3v) is 3.16. The van der Waals surface area contributed by atoms with Crippen LogP contribution in [0.2, 0.25) is 0 Å². The quantitative estimate of drug-likeness (QED) is 0.667. The lowest BCUT2D eigenvalue weighted by Gasteiger charge is -2.18. The van der Waals surface area contributed by atoms with Crippen LogP contribution in [0.3, 0.4) is 0 Å². The lowest BCUT2D eigenvalue weighted by molar-refractivity contribution is -0.137. The zero-order chi connectivity index (χ0) is 18.8. The Morgan fingerprint density at radius 3 is 2.36 bits per heavy atom. The molecule has 10 heteroatoms. The summed E-state index contributed by atoms with van der Waals surface area (Å²) in [5, 5.41) is 2.04. The Labute approximate surface area is 138 Å². The molecule has 0 saturated carbocycles. The van der Waals surface area contributed by atoms with Crippen molar-refractivity contribution in [1.29, 1.82) is 0 Å². The highest BCUT2D eigenvalue weighted by Crippen LogP contribution is 2.29. The van der Waals surface area contributed by atoms with Gasteiger partial charge in [0, 0.05) is 13.2 Å². The van der Waals surface area contributed by atoms with Crippen molar-refractivity contribution >= 4 is 17.4 Å². The zero-order valence-electron chi connectivity index (χ0n) is 12.7. The number of carbonyl (C=O) groups is 1. The standard InChI is InChI=1S/C15H11F6N3O/c1-24(11-5-2-8(6-22-11)15(19,20)21)7-12(25)23-10-4-3-9(16)13(17)14(10)18/h2-6H,7H2,1H3,(H,23,25). The molecule has 2 rings (SSSR count). The van der Waals surface area contributed by atoms with Crippen molar-refractivity contribution in [3.05, 3.63) is 53.5 Å². The van der Waals surface area contributed by atoms with Gasteiger partial charge in [0.1, 0.15) is 5.82 Å². The normalized spacial score (nSPS) is 11.3. The van der Waals surface area contributed by atoms with Gasteiger partial charge in [-0.05, 0) is 24.3 Å². The molecule has 1 aromatic heterocycles. The van der Waals surface area contributed by atoms with E-state index < -0.39 is 47.3 Å². The minimum absolute atomic E-state index is 0.0638. The number of hydrogen-bond acceptors (Lipinski definition) is 3. The Morgan fingerprint density at radius 2 is 1.80 bits per heavy atom. The van der Waals surface area contributed by atoms with Gasteiger partial charge in [-0.2, -0.15) is 13.2 Å². The fraction of sp³-hybridized carbons (Fsp3) is 0.200. The molecular formula is C15H11F6N3O. The number of rotatable bonds is 4. The van der Waals surface area contributed by atoms with Crippen LogP contribution in [0, 0.1) is 17.5 Å². The number of pyridine rings is 1. The molecular weight excluding hydrogens is 352 g/mol. The highest BCUT2D eigenvalue weighted by Gasteiger charge is 2.30. The summed E-state index contributed by atoms with van der Waals surface area (Å²) in [6.07, 6.45) is -3.93. The van der Waals surface area contributed by atoms with Crippen LogP contribution in [0.25, 0.3) is 0 Å². The van der Waals surface area contributed by atoms with Gasteiger partial charge in [0.25, 0.3) is 0 Å². The molecule has 1 heterocycles. The molecule has 0 fully saturated rings. The molecule has 0 unspecified atom stereocenters. The molecule has 0 saturated heterocycles. The molecule has 0 aliphatic heterocycles. The first-order valence-corrected chi connectivity index (χ1v) is 6.77. The van der Waals surface area contributed by atoms with E-state index in [0.29, 0.717) is 12.3 Å². The number of aromatic nitrogens is 1. The fourth-order valence-electron chi connectivity index (χ4n) is 1.89. The Balaban J connectivity index is 2.04. The third kappa shape index (κ3) is 4.40. The Bertz CT molecular complexity index is 776. The van der Waals surface area contributed by atoms with Gasteiger partial charge >= 0.3 is 6.18 Å². The van der Waals surface area contributed by atoms with Crippen molar-refractivity contribution in [2.45, 2.75) is 6.18 Å². The number of halogens is 6. The average Bonchev–Trinajstić information content (AvgIpc) is 2.54. The summed E-state index contributed by atoms with van der Waals surface area (Å²) in [6.45, 7) is -0.406. The van der Waals surface area contributed by atoms with Crippen molar-refractivity contribution in [2.24, 2.45) is 0 Å². The summed E-state index contributed by atoms with van der Waals surface area (Å²) in [5.74, 6) is -5.41. The number of benzene rings is 1. The summed E-state index contributed by atoms with van der Waals surface area (Å²) in [7, 11) is 1.37. The van der Waals surface area contributed by atoms with Crippen LogP contribution in [0.4, 0.5) is 37.8 Å². The fourth-order valence-corrected chi connectivity index (χ4v) is 1.89. The lowest BCUT2D eigenvalue weighted by atomic mass is 10.2. The molecule has 0 aliphatic carbocycles. The topological polar surface area (TPSA) is 45.2 Å². The molecule has 1 N–H and O–H groups in total. The minimum Gasteiger partial charge on any atom is -0.350 e. The van der Waals surface area contributed by atoms with Crippen LogP contribution in [-0.2, 0) is 11.0 Å². The molecule has 1 amide bonds. The maximum Gasteiger partial charge on any atom is 0.417 e. The highest BCUT2D eigenvalue weighted by atomic mass is 19.4. The zero-order valence-corrected chi connectivity index (χ0v) is 12.7. The minimum atomic E-state index is -4.54. The van der Waals surface area contributed by atoms with Crippen molar-refractivity contribution in [3.8, 4) is 0 Å². The number of nitrogens with zero attached hydrogens (tertiary/aromatic N) is 2. The van der Waals surface area contributed by atoms with Crippen molar-refractivity contribution in [3.63, 3.8) is 0 Å². The van der Waals surface area contributed by atoms with Gasteiger partial charge in [-0.25, -0.2) is 18.2 Å². The molecule has 4 nitrogen and oxygen atoms in total. The Kier molecular flexibility index (Phi) is 5.19. The smallest absolute Gasteiger partial charge is 0.350 e. The van der Waals surface area contributed by atoms with Crippen LogP contribution in [-0.4, -0.2) is 24.5 Å².